The van der Waals surface area contributed by atoms with Crippen molar-refractivity contribution in [2.24, 2.45) is 0 Å². The maximum absolute atomic E-state index is 12.3. The van der Waals surface area contributed by atoms with E-state index in [1.807, 2.05) is 19.1 Å². The van der Waals surface area contributed by atoms with Crippen molar-refractivity contribution >= 4 is 41.4 Å². The standard InChI is InChI=1S/C17H19ClN4O.ClH/c1-12-10-13(18)2-4-15(12)17(23)21-16-5-3-14(11-20-16)22-8-6-19-7-9-22;/h2-5,10-11,19H,6-9H2,1H3,(H,20,21,23);1H. The zero-order chi connectivity index (χ0) is 16.2. The number of benzene rings is 1. The monoisotopic (exact) mass is 366 g/mol. The molecule has 2 aromatic rings. The predicted molar refractivity (Wildman–Crippen MR) is 101 cm³/mol. The number of nitrogens with one attached hydrogen (secondary N) is 2. The Morgan fingerprint density at radius 2 is 2.00 bits per heavy atom. The van der Waals surface area contributed by atoms with E-state index >= 15 is 0 Å². The molecule has 3 rings (SSSR count). The van der Waals surface area contributed by atoms with Crippen molar-refractivity contribution in [2.75, 3.05) is 36.4 Å². The molecule has 0 spiro atoms. The summed E-state index contributed by atoms with van der Waals surface area (Å²) in [6.07, 6.45) is 1.80. The molecule has 0 aliphatic carbocycles. The molecular weight excluding hydrogens is 347 g/mol. The van der Waals surface area contributed by atoms with Crippen LogP contribution in [0.5, 0.6) is 0 Å². The number of rotatable bonds is 3. The van der Waals surface area contributed by atoms with E-state index in [4.69, 9.17) is 11.6 Å². The maximum Gasteiger partial charge on any atom is 0.257 e. The van der Waals surface area contributed by atoms with Crippen LogP contribution < -0.4 is 15.5 Å². The zero-order valence-corrected chi connectivity index (χ0v) is 15.0. The summed E-state index contributed by atoms with van der Waals surface area (Å²) in [5.41, 5.74) is 2.52. The molecule has 0 unspecified atom stereocenters. The molecule has 1 aromatic heterocycles. The van der Waals surface area contributed by atoms with Crippen molar-refractivity contribution < 1.29 is 4.79 Å². The van der Waals surface area contributed by atoms with E-state index in [-0.39, 0.29) is 18.3 Å². The molecule has 1 aliphatic rings. The molecule has 1 fully saturated rings. The van der Waals surface area contributed by atoms with Crippen LogP contribution in [0.3, 0.4) is 0 Å². The van der Waals surface area contributed by atoms with Crippen LogP contribution in [0.25, 0.3) is 0 Å². The van der Waals surface area contributed by atoms with Crippen molar-refractivity contribution in [1.82, 2.24) is 10.3 Å². The minimum Gasteiger partial charge on any atom is -0.368 e. The molecule has 7 heteroatoms. The van der Waals surface area contributed by atoms with Crippen LogP contribution in [-0.4, -0.2) is 37.1 Å². The first kappa shape index (κ1) is 18.5. The van der Waals surface area contributed by atoms with Crippen molar-refractivity contribution in [1.29, 1.82) is 0 Å². The van der Waals surface area contributed by atoms with E-state index < -0.39 is 0 Å². The Labute approximate surface area is 152 Å². The van der Waals surface area contributed by atoms with E-state index in [9.17, 15) is 4.79 Å². The number of amides is 1. The van der Waals surface area contributed by atoms with Crippen molar-refractivity contribution in [3.05, 3.63) is 52.7 Å². The number of piperazine rings is 1. The van der Waals surface area contributed by atoms with Crippen LogP contribution in [0.1, 0.15) is 15.9 Å². The van der Waals surface area contributed by atoms with Gasteiger partial charge < -0.3 is 15.5 Å². The first-order chi connectivity index (χ1) is 11.1. The van der Waals surface area contributed by atoms with Gasteiger partial charge in [-0.05, 0) is 42.8 Å². The Hall–Kier alpha value is -1.82. The highest BCUT2D eigenvalue weighted by Crippen LogP contribution is 2.18. The SMILES string of the molecule is Cc1cc(Cl)ccc1C(=O)Nc1ccc(N2CCNCC2)cn1.Cl. The van der Waals surface area contributed by atoms with E-state index in [2.05, 4.69) is 20.5 Å². The number of hydrogen-bond acceptors (Lipinski definition) is 4. The Morgan fingerprint density at radius 3 is 2.62 bits per heavy atom. The van der Waals surface area contributed by atoms with Gasteiger partial charge in [-0.2, -0.15) is 0 Å². The number of carbonyl (C=O) groups is 1. The molecule has 2 N–H and O–H groups in total. The van der Waals surface area contributed by atoms with Gasteiger partial charge in [0.2, 0.25) is 0 Å². The number of anilines is 2. The number of hydrogen-bond donors (Lipinski definition) is 2. The van der Waals surface area contributed by atoms with Crippen LogP contribution in [0, 0.1) is 6.92 Å². The van der Waals surface area contributed by atoms with Crippen LogP contribution in [0.2, 0.25) is 5.02 Å². The second-order valence-corrected chi connectivity index (χ2v) is 5.99. The summed E-state index contributed by atoms with van der Waals surface area (Å²) >= 11 is 5.92. The average Bonchev–Trinajstić information content (AvgIpc) is 2.56. The van der Waals surface area contributed by atoms with Gasteiger partial charge in [0.25, 0.3) is 5.91 Å². The molecule has 24 heavy (non-hydrogen) atoms. The third-order valence-corrected chi connectivity index (χ3v) is 4.14. The zero-order valence-electron chi connectivity index (χ0n) is 13.4. The number of aromatic nitrogens is 1. The van der Waals surface area contributed by atoms with E-state index in [0.717, 1.165) is 37.4 Å². The highest BCUT2D eigenvalue weighted by molar-refractivity contribution is 6.30. The van der Waals surface area contributed by atoms with Gasteiger partial charge in [-0.25, -0.2) is 4.98 Å². The summed E-state index contributed by atoms with van der Waals surface area (Å²) in [5.74, 6) is 0.366. The van der Waals surface area contributed by atoms with Gasteiger partial charge in [-0.15, -0.1) is 12.4 Å². The van der Waals surface area contributed by atoms with Crippen LogP contribution in [0.4, 0.5) is 11.5 Å². The van der Waals surface area contributed by atoms with Crippen LogP contribution >= 0.6 is 24.0 Å². The molecule has 5 nitrogen and oxygen atoms in total. The molecule has 0 radical (unpaired) electrons. The van der Waals surface area contributed by atoms with Gasteiger partial charge in [-0.1, -0.05) is 11.6 Å². The molecule has 1 saturated heterocycles. The molecule has 2 heterocycles. The second-order valence-electron chi connectivity index (χ2n) is 5.55. The summed E-state index contributed by atoms with van der Waals surface area (Å²) in [5, 5.41) is 6.77. The number of aryl methyl sites for hydroxylation is 1. The van der Waals surface area contributed by atoms with Gasteiger partial charge >= 0.3 is 0 Å². The molecule has 0 atom stereocenters. The molecule has 0 bridgehead atoms. The molecule has 1 amide bonds. The van der Waals surface area contributed by atoms with E-state index in [1.54, 1.807) is 24.4 Å². The van der Waals surface area contributed by atoms with E-state index in [1.165, 1.54) is 0 Å². The lowest BCUT2D eigenvalue weighted by Gasteiger charge is -2.29. The molecule has 128 valence electrons. The first-order valence-electron chi connectivity index (χ1n) is 7.63. The Balaban J connectivity index is 0.00000208. The summed E-state index contributed by atoms with van der Waals surface area (Å²) in [7, 11) is 0. The fourth-order valence-corrected chi connectivity index (χ4v) is 2.86. The normalized spacial score (nSPS) is 14.0. The third-order valence-electron chi connectivity index (χ3n) is 3.90. The van der Waals surface area contributed by atoms with Gasteiger partial charge in [0.15, 0.2) is 0 Å². The smallest absolute Gasteiger partial charge is 0.257 e. The Morgan fingerprint density at radius 1 is 1.25 bits per heavy atom. The summed E-state index contributed by atoms with van der Waals surface area (Å²) in [6.45, 7) is 5.76. The number of nitrogens with zero attached hydrogens (tertiary/aromatic N) is 2. The largest absolute Gasteiger partial charge is 0.368 e. The van der Waals surface area contributed by atoms with Gasteiger partial charge in [0, 0.05) is 36.8 Å². The van der Waals surface area contributed by atoms with E-state index in [0.29, 0.717) is 16.4 Å². The van der Waals surface area contributed by atoms with Gasteiger partial charge in [0.05, 0.1) is 11.9 Å². The summed E-state index contributed by atoms with van der Waals surface area (Å²) < 4.78 is 0. The molecule has 1 aromatic carbocycles. The predicted octanol–water partition coefficient (Wildman–Crippen LogP) is 3.13. The molecular formula is C17H20Cl2N4O. The lowest BCUT2D eigenvalue weighted by molar-refractivity contribution is 0.102. The fourth-order valence-electron chi connectivity index (χ4n) is 2.64. The van der Waals surface area contributed by atoms with Crippen LogP contribution in [-0.2, 0) is 0 Å². The summed E-state index contributed by atoms with van der Waals surface area (Å²) in [6, 6.07) is 9.03. The van der Waals surface area contributed by atoms with Gasteiger partial charge in [0.1, 0.15) is 5.82 Å². The Kier molecular flexibility index (Phi) is 6.43. The van der Waals surface area contributed by atoms with Crippen molar-refractivity contribution in [3.63, 3.8) is 0 Å². The number of carbonyl (C=O) groups excluding carboxylic acids is 1. The maximum atomic E-state index is 12.3. The topological polar surface area (TPSA) is 57.3 Å². The first-order valence-corrected chi connectivity index (χ1v) is 8.00. The summed E-state index contributed by atoms with van der Waals surface area (Å²) in [4.78, 5) is 18.9. The highest BCUT2D eigenvalue weighted by atomic mass is 35.5. The lowest BCUT2D eigenvalue weighted by Crippen LogP contribution is -2.43. The molecule has 1 aliphatic heterocycles. The van der Waals surface area contributed by atoms with Crippen LogP contribution in [0.15, 0.2) is 36.5 Å². The quantitative estimate of drug-likeness (QED) is 0.875. The Bertz CT molecular complexity index is 700. The number of pyridine rings is 1. The third kappa shape index (κ3) is 4.38. The molecule has 0 saturated carbocycles. The number of halogens is 2. The lowest BCUT2D eigenvalue weighted by atomic mass is 10.1. The highest BCUT2D eigenvalue weighted by Gasteiger charge is 2.12. The van der Waals surface area contributed by atoms with Crippen molar-refractivity contribution in [3.8, 4) is 0 Å². The minimum absolute atomic E-state index is 0. The average molecular weight is 367 g/mol. The minimum atomic E-state index is -0.179. The van der Waals surface area contributed by atoms with Crippen molar-refractivity contribution in [2.45, 2.75) is 6.92 Å². The second kappa shape index (κ2) is 8.33. The van der Waals surface area contributed by atoms with Gasteiger partial charge in [-0.3, -0.25) is 4.79 Å². The fraction of sp³-hybridized carbons (Fsp3) is 0.294.